The van der Waals surface area contributed by atoms with Crippen LogP contribution < -0.4 is 0 Å². The van der Waals surface area contributed by atoms with E-state index in [0.29, 0.717) is 12.1 Å². The number of aryl methyl sites for hydroxylation is 1. The van der Waals surface area contributed by atoms with Crippen molar-refractivity contribution in [2.75, 3.05) is 0 Å². The van der Waals surface area contributed by atoms with E-state index in [0.717, 1.165) is 12.4 Å². The fourth-order valence-corrected chi connectivity index (χ4v) is 1.48. The van der Waals surface area contributed by atoms with Crippen LogP contribution in [0.4, 0.5) is 4.39 Å². The molecule has 1 aromatic rings. The van der Waals surface area contributed by atoms with Gasteiger partial charge in [-0.15, -0.1) is 0 Å². The standard InChI is InChI=1S/C11H12FN3/c1-2-15-8-7-13-11(15)9-5-3-4-6-10(12)14-9/h4-8H,2-3H2,1H3. The van der Waals surface area contributed by atoms with Crippen molar-refractivity contribution in [1.82, 2.24) is 9.55 Å². The zero-order valence-electron chi connectivity index (χ0n) is 8.52. The van der Waals surface area contributed by atoms with Crippen molar-refractivity contribution in [2.24, 2.45) is 4.99 Å². The predicted octanol–water partition coefficient (Wildman–Crippen LogP) is 2.57. The first-order valence-electron chi connectivity index (χ1n) is 4.93. The monoisotopic (exact) mass is 205 g/mol. The van der Waals surface area contributed by atoms with E-state index in [1.807, 2.05) is 23.8 Å². The van der Waals surface area contributed by atoms with Crippen LogP contribution in [-0.2, 0) is 6.54 Å². The van der Waals surface area contributed by atoms with Gasteiger partial charge in [-0.05, 0) is 19.4 Å². The molecular weight excluding hydrogens is 193 g/mol. The van der Waals surface area contributed by atoms with Crippen molar-refractivity contribution in [1.29, 1.82) is 0 Å². The van der Waals surface area contributed by atoms with Crippen LogP contribution in [-0.4, -0.2) is 15.5 Å². The molecule has 0 fully saturated rings. The fourth-order valence-electron chi connectivity index (χ4n) is 1.48. The number of hydrogen-bond donors (Lipinski definition) is 0. The first-order valence-corrected chi connectivity index (χ1v) is 4.93. The van der Waals surface area contributed by atoms with Gasteiger partial charge < -0.3 is 4.57 Å². The molecule has 2 heterocycles. The largest absolute Gasteiger partial charge is 0.330 e. The number of imidazole rings is 1. The van der Waals surface area contributed by atoms with Crippen molar-refractivity contribution in [2.45, 2.75) is 19.9 Å². The number of aliphatic imine (C=N–C) groups is 1. The minimum atomic E-state index is -0.468. The highest BCUT2D eigenvalue weighted by Crippen LogP contribution is 2.17. The number of halogens is 1. The van der Waals surface area contributed by atoms with Gasteiger partial charge in [0.2, 0.25) is 5.97 Å². The summed E-state index contributed by atoms with van der Waals surface area (Å²) in [5, 5.41) is 0. The van der Waals surface area contributed by atoms with Crippen molar-refractivity contribution < 1.29 is 4.39 Å². The molecule has 0 radical (unpaired) electrons. The van der Waals surface area contributed by atoms with Crippen LogP contribution in [0.15, 0.2) is 35.6 Å². The molecule has 0 saturated heterocycles. The van der Waals surface area contributed by atoms with Crippen LogP contribution in [0.5, 0.6) is 0 Å². The van der Waals surface area contributed by atoms with Gasteiger partial charge in [-0.3, -0.25) is 0 Å². The van der Waals surface area contributed by atoms with Crippen LogP contribution >= 0.6 is 0 Å². The van der Waals surface area contributed by atoms with E-state index in [2.05, 4.69) is 9.98 Å². The van der Waals surface area contributed by atoms with E-state index in [1.165, 1.54) is 6.08 Å². The highest BCUT2D eigenvalue weighted by atomic mass is 19.1. The van der Waals surface area contributed by atoms with E-state index in [-0.39, 0.29) is 0 Å². The Labute approximate surface area is 87.7 Å². The Hall–Kier alpha value is -1.71. The van der Waals surface area contributed by atoms with E-state index in [9.17, 15) is 4.39 Å². The molecular formula is C11H12FN3. The molecule has 0 amide bonds. The molecule has 0 saturated carbocycles. The average molecular weight is 205 g/mol. The topological polar surface area (TPSA) is 30.2 Å². The molecule has 0 unspecified atom stereocenters. The van der Waals surface area contributed by atoms with Gasteiger partial charge >= 0.3 is 0 Å². The number of rotatable bonds is 2. The molecule has 0 N–H and O–H groups in total. The molecule has 0 atom stereocenters. The van der Waals surface area contributed by atoms with Crippen molar-refractivity contribution in [3.8, 4) is 0 Å². The Balaban J connectivity index is 2.39. The van der Waals surface area contributed by atoms with E-state index in [1.54, 1.807) is 12.3 Å². The summed E-state index contributed by atoms with van der Waals surface area (Å²) in [6.45, 7) is 2.82. The second-order valence-corrected chi connectivity index (χ2v) is 3.20. The summed E-state index contributed by atoms with van der Waals surface area (Å²) in [5.74, 6) is 0.251. The van der Waals surface area contributed by atoms with E-state index >= 15 is 0 Å². The van der Waals surface area contributed by atoms with Gasteiger partial charge in [0.05, 0.1) is 0 Å². The summed E-state index contributed by atoms with van der Waals surface area (Å²) >= 11 is 0. The molecule has 1 aliphatic rings. The predicted molar refractivity (Wildman–Crippen MR) is 58.2 cm³/mol. The third kappa shape index (κ3) is 2.03. The molecule has 0 aromatic carbocycles. The summed E-state index contributed by atoms with van der Waals surface area (Å²) in [5.41, 5.74) is 0.601. The van der Waals surface area contributed by atoms with Gasteiger partial charge in [0, 0.05) is 18.9 Å². The summed E-state index contributed by atoms with van der Waals surface area (Å²) in [6, 6.07) is 0. The Morgan fingerprint density at radius 2 is 2.40 bits per heavy atom. The Bertz CT molecular complexity index is 440. The molecule has 1 aromatic heterocycles. The van der Waals surface area contributed by atoms with Crippen molar-refractivity contribution >= 4 is 11.7 Å². The molecule has 1 aliphatic heterocycles. The lowest BCUT2D eigenvalue weighted by Gasteiger charge is -2.03. The van der Waals surface area contributed by atoms with Gasteiger partial charge in [0.1, 0.15) is 5.70 Å². The second-order valence-electron chi connectivity index (χ2n) is 3.20. The van der Waals surface area contributed by atoms with Crippen LogP contribution in [0.2, 0.25) is 0 Å². The van der Waals surface area contributed by atoms with Crippen LogP contribution in [0.1, 0.15) is 19.2 Å². The number of allylic oxidation sites excluding steroid dienone is 3. The molecule has 0 spiro atoms. The second kappa shape index (κ2) is 4.21. The maximum atomic E-state index is 13.1. The lowest BCUT2D eigenvalue weighted by molar-refractivity contribution is 0.745. The maximum absolute atomic E-state index is 13.1. The van der Waals surface area contributed by atoms with Gasteiger partial charge in [-0.1, -0.05) is 12.2 Å². The van der Waals surface area contributed by atoms with Crippen LogP contribution in [0.25, 0.3) is 5.70 Å². The zero-order valence-corrected chi connectivity index (χ0v) is 8.52. The van der Waals surface area contributed by atoms with Crippen molar-refractivity contribution in [3.63, 3.8) is 0 Å². The molecule has 78 valence electrons. The van der Waals surface area contributed by atoms with Crippen LogP contribution in [0, 0.1) is 0 Å². The quantitative estimate of drug-likeness (QED) is 0.729. The molecule has 2 rings (SSSR count). The molecule has 15 heavy (non-hydrogen) atoms. The lowest BCUT2D eigenvalue weighted by atomic mass is 10.3. The van der Waals surface area contributed by atoms with E-state index in [4.69, 9.17) is 0 Å². The van der Waals surface area contributed by atoms with Crippen LogP contribution in [0.3, 0.4) is 0 Å². The average Bonchev–Trinajstić information content (AvgIpc) is 2.61. The third-order valence-corrected chi connectivity index (χ3v) is 2.22. The molecule has 0 aliphatic carbocycles. The lowest BCUT2D eigenvalue weighted by Crippen LogP contribution is -1.99. The first kappa shape index (κ1) is 9.83. The Kier molecular flexibility index (Phi) is 2.76. The molecule has 3 nitrogen and oxygen atoms in total. The SMILES string of the molecule is CCn1ccnc1C1=CCC=CC(F)=N1. The zero-order chi connectivity index (χ0) is 10.7. The highest BCUT2D eigenvalue weighted by Gasteiger charge is 2.09. The summed E-state index contributed by atoms with van der Waals surface area (Å²) in [6.07, 6.45) is 9.24. The highest BCUT2D eigenvalue weighted by molar-refractivity contribution is 5.91. The minimum Gasteiger partial charge on any atom is -0.330 e. The summed E-state index contributed by atoms with van der Waals surface area (Å²) in [7, 11) is 0. The molecule has 4 heteroatoms. The summed E-state index contributed by atoms with van der Waals surface area (Å²) < 4.78 is 15.0. The van der Waals surface area contributed by atoms with Gasteiger partial charge in [0.25, 0.3) is 0 Å². The summed E-state index contributed by atoms with van der Waals surface area (Å²) in [4.78, 5) is 8.05. The first-order chi connectivity index (χ1) is 7.31. The Morgan fingerprint density at radius 1 is 1.53 bits per heavy atom. The Morgan fingerprint density at radius 3 is 3.20 bits per heavy atom. The van der Waals surface area contributed by atoms with Crippen molar-refractivity contribution in [3.05, 3.63) is 36.4 Å². The smallest absolute Gasteiger partial charge is 0.213 e. The number of hydrogen-bond acceptors (Lipinski definition) is 2. The van der Waals surface area contributed by atoms with Gasteiger partial charge in [-0.25, -0.2) is 9.98 Å². The van der Waals surface area contributed by atoms with E-state index < -0.39 is 5.97 Å². The fraction of sp³-hybridized carbons (Fsp3) is 0.273. The molecule has 0 bridgehead atoms. The number of aromatic nitrogens is 2. The number of nitrogens with zero attached hydrogens (tertiary/aromatic N) is 3. The van der Waals surface area contributed by atoms with Gasteiger partial charge in [-0.2, -0.15) is 4.39 Å². The minimum absolute atomic E-state index is 0.468. The normalized spacial score (nSPS) is 15.9. The third-order valence-electron chi connectivity index (χ3n) is 2.22. The van der Waals surface area contributed by atoms with Gasteiger partial charge in [0.15, 0.2) is 5.82 Å². The maximum Gasteiger partial charge on any atom is 0.213 e.